The van der Waals surface area contributed by atoms with Crippen LogP contribution in [0.3, 0.4) is 0 Å². The molecule has 1 heterocycles. The minimum absolute atomic E-state index is 0.0308. The summed E-state index contributed by atoms with van der Waals surface area (Å²) in [6, 6.07) is 9.04. The topological polar surface area (TPSA) is 95.0 Å². The molecule has 138 valence electrons. The molecule has 1 aliphatic heterocycles. The first-order valence-corrected chi connectivity index (χ1v) is 10.0. The van der Waals surface area contributed by atoms with Gasteiger partial charge in [0.2, 0.25) is 15.9 Å². The van der Waals surface area contributed by atoms with Crippen LogP contribution in [0.25, 0.3) is 0 Å². The molecule has 0 aliphatic carbocycles. The van der Waals surface area contributed by atoms with Gasteiger partial charge in [0, 0.05) is 39.0 Å². The largest absolute Gasteiger partial charge is 0.481 e. The van der Waals surface area contributed by atoms with E-state index in [0.717, 1.165) is 5.56 Å². The van der Waals surface area contributed by atoms with Gasteiger partial charge in [0.05, 0.1) is 5.75 Å². The average Bonchev–Trinajstić information content (AvgIpc) is 2.59. The zero-order chi connectivity index (χ0) is 18.3. The van der Waals surface area contributed by atoms with Gasteiger partial charge in [-0.05, 0) is 18.4 Å². The molecule has 1 fully saturated rings. The zero-order valence-corrected chi connectivity index (χ0v) is 15.0. The van der Waals surface area contributed by atoms with Crippen LogP contribution in [0.2, 0.25) is 0 Å². The van der Waals surface area contributed by atoms with Crippen molar-refractivity contribution < 1.29 is 23.1 Å². The Balaban J connectivity index is 1.78. The summed E-state index contributed by atoms with van der Waals surface area (Å²) in [5.74, 6) is -0.924. The van der Waals surface area contributed by atoms with E-state index in [1.165, 1.54) is 4.31 Å². The maximum Gasteiger partial charge on any atom is 0.303 e. The highest BCUT2D eigenvalue weighted by Crippen LogP contribution is 2.14. The summed E-state index contributed by atoms with van der Waals surface area (Å²) in [6.07, 6.45) is 1.40. The van der Waals surface area contributed by atoms with Gasteiger partial charge in [0.25, 0.3) is 0 Å². The average molecular weight is 368 g/mol. The standard InChI is InChI=1S/C17H24N2O5S/c20-16(8-4-5-9-17(21)22)18-10-12-19(13-11-18)25(23,24)14-15-6-2-1-3-7-15/h1-3,6-7H,4-5,8-14H2,(H,21,22). The van der Waals surface area contributed by atoms with Crippen LogP contribution in [0.15, 0.2) is 30.3 Å². The van der Waals surface area contributed by atoms with Crippen LogP contribution in [0.1, 0.15) is 31.2 Å². The number of aliphatic carboxylic acids is 1. The number of carboxylic acid groups (broad SMARTS) is 1. The maximum atomic E-state index is 12.5. The fourth-order valence-corrected chi connectivity index (χ4v) is 4.32. The molecule has 0 atom stereocenters. The lowest BCUT2D eigenvalue weighted by atomic mass is 10.1. The molecule has 0 unspecified atom stereocenters. The van der Waals surface area contributed by atoms with Gasteiger partial charge in [-0.3, -0.25) is 9.59 Å². The summed E-state index contributed by atoms with van der Waals surface area (Å²) < 4.78 is 26.4. The number of hydrogen-bond donors (Lipinski definition) is 1. The molecule has 1 N–H and O–H groups in total. The monoisotopic (exact) mass is 368 g/mol. The Bertz CT molecular complexity index is 682. The highest BCUT2D eigenvalue weighted by atomic mass is 32.2. The van der Waals surface area contributed by atoms with Gasteiger partial charge in [0.15, 0.2) is 0 Å². The van der Waals surface area contributed by atoms with E-state index in [1.54, 1.807) is 17.0 Å². The molecule has 0 aromatic heterocycles. The number of sulfonamides is 1. The van der Waals surface area contributed by atoms with Crippen LogP contribution in [-0.4, -0.2) is 60.8 Å². The summed E-state index contributed by atoms with van der Waals surface area (Å²) in [6.45, 7) is 1.36. The van der Waals surface area contributed by atoms with Crippen molar-refractivity contribution in [2.75, 3.05) is 26.2 Å². The van der Waals surface area contributed by atoms with E-state index in [-0.39, 0.29) is 18.1 Å². The molecule has 1 amide bonds. The van der Waals surface area contributed by atoms with Gasteiger partial charge in [-0.2, -0.15) is 4.31 Å². The van der Waals surface area contributed by atoms with Gasteiger partial charge < -0.3 is 10.0 Å². The lowest BCUT2D eigenvalue weighted by molar-refractivity contribution is -0.137. The third-order valence-corrected chi connectivity index (χ3v) is 6.06. The summed E-state index contributed by atoms with van der Waals surface area (Å²) >= 11 is 0. The summed E-state index contributed by atoms with van der Waals surface area (Å²) in [4.78, 5) is 24.2. The van der Waals surface area contributed by atoms with E-state index in [4.69, 9.17) is 5.11 Å². The van der Waals surface area contributed by atoms with Gasteiger partial charge in [-0.25, -0.2) is 8.42 Å². The molecule has 1 aromatic rings. The third kappa shape index (κ3) is 6.13. The minimum atomic E-state index is -3.39. The number of carboxylic acids is 1. The van der Waals surface area contributed by atoms with Crippen molar-refractivity contribution in [3.63, 3.8) is 0 Å². The number of rotatable bonds is 8. The van der Waals surface area contributed by atoms with E-state index < -0.39 is 16.0 Å². The molecule has 0 bridgehead atoms. The highest BCUT2D eigenvalue weighted by molar-refractivity contribution is 7.88. The van der Waals surface area contributed by atoms with E-state index in [2.05, 4.69) is 0 Å². The molecule has 0 spiro atoms. The number of benzene rings is 1. The quantitative estimate of drug-likeness (QED) is 0.698. The molecule has 2 rings (SSSR count). The predicted molar refractivity (Wildman–Crippen MR) is 93.3 cm³/mol. The van der Waals surface area contributed by atoms with Gasteiger partial charge in [-0.1, -0.05) is 30.3 Å². The van der Waals surface area contributed by atoms with Crippen LogP contribution in [-0.2, 0) is 25.4 Å². The minimum Gasteiger partial charge on any atom is -0.481 e. The Hall–Kier alpha value is -1.93. The van der Waals surface area contributed by atoms with Crippen LogP contribution >= 0.6 is 0 Å². The molecule has 0 saturated carbocycles. The van der Waals surface area contributed by atoms with Crippen molar-refractivity contribution >= 4 is 21.9 Å². The maximum absolute atomic E-state index is 12.5. The first kappa shape index (κ1) is 19.4. The molecular formula is C17H24N2O5S. The van der Waals surface area contributed by atoms with Gasteiger partial charge in [0.1, 0.15) is 0 Å². The second kappa shape index (κ2) is 8.96. The summed E-state index contributed by atoms with van der Waals surface area (Å²) in [5.41, 5.74) is 0.749. The number of hydrogen-bond acceptors (Lipinski definition) is 4. The molecule has 8 heteroatoms. The zero-order valence-electron chi connectivity index (χ0n) is 14.1. The van der Waals surface area contributed by atoms with Gasteiger partial charge >= 0.3 is 5.97 Å². The Morgan fingerprint density at radius 3 is 2.16 bits per heavy atom. The van der Waals surface area contributed by atoms with Crippen LogP contribution in [0, 0.1) is 0 Å². The van der Waals surface area contributed by atoms with E-state index in [1.807, 2.05) is 18.2 Å². The third-order valence-electron chi connectivity index (χ3n) is 4.21. The van der Waals surface area contributed by atoms with E-state index in [0.29, 0.717) is 45.4 Å². The first-order valence-electron chi connectivity index (χ1n) is 8.40. The Morgan fingerprint density at radius 2 is 1.56 bits per heavy atom. The smallest absolute Gasteiger partial charge is 0.303 e. The Morgan fingerprint density at radius 1 is 0.960 bits per heavy atom. The highest BCUT2D eigenvalue weighted by Gasteiger charge is 2.28. The number of carbonyl (C=O) groups excluding carboxylic acids is 1. The van der Waals surface area contributed by atoms with Crippen molar-refractivity contribution in [2.24, 2.45) is 0 Å². The summed E-state index contributed by atoms with van der Waals surface area (Å²) in [5, 5.41) is 8.58. The van der Waals surface area contributed by atoms with Gasteiger partial charge in [-0.15, -0.1) is 0 Å². The molecule has 25 heavy (non-hydrogen) atoms. The van der Waals surface area contributed by atoms with Crippen molar-refractivity contribution in [3.05, 3.63) is 35.9 Å². The van der Waals surface area contributed by atoms with Crippen molar-refractivity contribution in [1.82, 2.24) is 9.21 Å². The van der Waals surface area contributed by atoms with E-state index in [9.17, 15) is 18.0 Å². The summed E-state index contributed by atoms with van der Waals surface area (Å²) in [7, 11) is -3.39. The van der Waals surface area contributed by atoms with Crippen molar-refractivity contribution in [3.8, 4) is 0 Å². The van der Waals surface area contributed by atoms with Crippen LogP contribution in [0.5, 0.6) is 0 Å². The molecule has 7 nitrogen and oxygen atoms in total. The van der Waals surface area contributed by atoms with Crippen LogP contribution < -0.4 is 0 Å². The second-order valence-corrected chi connectivity index (χ2v) is 8.09. The number of carbonyl (C=O) groups is 2. The molecule has 1 aromatic carbocycles. The van der Waals surface area contributed by atoms with Crippen molar-refractivity contribution in [1.29, 1.82) is 0 Å². The van der Waals surface area contributed by atoms with Crippen LogP contribution in [0.4, 0.5) is 0 Å². The molecular weight excluding hydrogens is 344 g/mol. The number of nitrogens with zero attached hydrogens (tertiary/aromatic N) is 2. The normalized spacial score (nSPS) is 15.9. The number of piperazine rings is 1. The predicted octanol–water partition coefficient (Wildman–Crippen LogP) is 1.31. The molecule has 1 saturated heterocycles. The SMILES string of the molecule is O=C(O)CCCCC(=O)N1CCN(S(=O)(=O)Cc2ccccc2)CC1. The Labute approximate surface area is 148 Å². The number of amides is 1. The lowest BCUT2D eigenvalue weighted by Crippen LogP contribution is -2.50. The first-order chi connectivity index (χ1) is 11.9. The molecule has 1 aliphatic rings. The lowest BCUT2D eigenvalue weighted by Gasteiger charge is -2.34. The Kier molecular flexibility index (Phi) is 6.95. The number of unbranched alkanes of at least 4 members (excludes halogenated alkanes) is 1. The second-order valence-electron chi connectivity index (χ2n) is 6.12. The van der Waals surface area contributed by atoms with Crippen molar-refractivity contribution in [2.45, 2.75) is 31.4 Å². The molecule has 0 radical (unpaired) electrons. The fourth-order valence-electron chi connectivity index (χ4n) is 2.80. The van der Waals surface area contributed by atoms with E-state index >= 15 is 0 Å². The fraction of sp³-hybridized carbons (Fsp3) is 0.529.